The second-order valence-electron chi connectivity index (χ2n) is 7.45. The summed E-state index contributed by atoms with van der Waals surface area (Å²) in [5.41, 5.74) is 0.735. The van der Waals surface area contributed by atoms with Gasteiger partial charge in [0.25, 0.3) is 0 Å². The van der Waals surface area contributed by atoms with Crippen molar-refractivity contribution in [2.45, 2.75) is 30.8 Å². The summed E-state index contributed by atoms with van der Waals surface area (Å²) in [4.78, 5) is 14.6. The highest BCUT2D eigenvalue weighted by Crippen LogP contribution is 2.22. The van der Waals surface area contributed by atoms with Gasteiger partial charge in [-0.3, -0.25) is 4.79 Å². The number of hydrogen-bond acceptors (Lipinski definition) is 5. The van der Waals surface area contributed by atoms with E-state index in [9.17, 15) is 21.6 Å². The number of carbonyl (C=O) groups is 1. The van der Waals surface area contributed by atoms with E-state index < -0.39 is 31.8 Å². The molecule has 0 radical (unpaired) electrons. The predicted octanol–water partition coefficient (Wildman–Crippen LogP) is 2.57. The zero-order valence-electron chi connectivity index (χ0n) is 17.1. The first-order valence-corrected chi connectivity index (χ1v) is 13.6. The molecule has 2 aromatic rings. The summed E-state index contributed by atoms with van der Waals surface area (Å²) in [5.74, 6) is -0.467. The lowest BCUT2D eigenvalue weighted by atomic mass is 10.2. The summed E-state index contributed by atoms with van der Waals surface area (Å²) >= 11 is 5.89. The molecule has 0 bridgehead atoms. The number of nitrogens with zero attached hydrogens (tertiary/aromatic N) is 2. The summed E-state index contributed by atoms with van der Waals surface area (Å²) in [5, 5.41) is 0.407. The van der Waals surface area contributed by atoms with Crippen LogP contribution in [0.15, 0.2) is 59.5 Å². The van der Waals surface area contributed by atoms with Crippen molar-refractivity contribution in [1.82, 2.24) is 9.21 Å². The Hall–Kier alpha value is -1.94. The van der Waals surface area contributed by atoms with Crippen molar-refractivity contribution in [2.75, 3.05) is 24.6 Å². The van der Waals surface area contributed by atoms with Crippen molar-refractivity contribution >= 4 is 37.4 Å². The van der Waals surface area contributed by atoms with Crippen LogP contribution in [0, 0.1) is 0 Å². The highest BCUT2D eigenvalue weighted by atomic mass is 35.5. The predicted molar refractivity (Wildman–Crippen MR) is 120 cm³/mol. The second-order valence-corrected chi connectivity index (χ2v) is 12.1. The van der Waals surface area contributed by atoms with Gasteiger partial charge in [-0.25, -0.2) is 16.8 Å². The fourth-order valence-corrected chi connectivity index (χ4v) is 6.90. The van der Waals surface area contributed by atoms with Gasteiger partial charge in [0.05, 0.1) is 22.9 Å². The molecule has 1 heterocycles. The average Bonchev–Trinajstić information content (AvgIpc) is 3.08. The van der Waals surface area contributed by atoms with Gasteiger partial charge in [0, 0.05) is 24.2 Å². The molecule has 1 amide bonds. The largest absolute Gasteiger partial charge is 0.338 e. The van der Waals surface area contributed by atoms with Gasteiger partial charge >= 0.3 is 0 Å². The van der Waals surface area contributed by atoms with E-state index >= 15 is 0 Å². The van der Waals surface area contributed by atoms with E-state index in [1.807, 2.05) is 6.07 Å². The van der Waals surface area contributed by atoms with Crippen LogP contribution < -0.4 is 0 Å². The molecule has 168 valence electrons. The minimum absolute atomic E-state index is 0.0120. The van der Waals surface area contributed by atoms with E-state index in [-0.39, 0.29) is 29.5 Å². The van der Waals surface area contributed by atoms with Gasteiger partial charge in [-0.15, -0.1) is 0 Å². The second kappa shape index (κ2) is 9.68. The average molecular weight is 485 g/mol. The Labute approximate surface area is 188 Å². The summed E-state index contributed by atoms with van der Waals surface area (Å²) in [7, 11) is -7.17. The highest BCUT2D eigenvalue weighted by molar-refractivity contribution is 7.91. The standard InChI is InChI=1S/C21H25ClN2O5S2/c1-2-24(19-12-13-30(26,27)16-19)21(25)15-23(14-17-6-4-3-5-7-17)31(28,29)20-10-8-18(22)9-11-20/h3-11,19H,2,12-16H2,1H3/t19-/m0/s1. The molecule has 0 saturated carbocycles. The van der Waals surface area contributed by atoms with Crippen LogP contribution in [0.1, 0.15) is 18.9 Å². The lowest BCUT2D eigenvalue weighted by molar-refractivity contribution is -0.133. The van der Waals surface area contributed by atoms with Gasteiger partial charge in [0.15, 0.2) is 9.84 Å². The molecular formula is C21H25ClN2O5S2. The Balaban J connectivity index is 1.88. The number of rotatable bonds is 8. The summed E-state index contributed by atoms with van der Waals surface area (Å²) in [6, 6.07) is 14.3. The number of halogens is 1. The topological polar surface area (TPSA) is 91.8 Å². The van der Waals surface area contributed by atoms with E-state index in [1.165, 1.54) is 29.2 Å². The fraction of sp³-hybridized carbons (Fsp3) is 0.381. The molecule has 0 aromatic heterocycles. The highest BCUT2D eigenvalue weighted by Gasteiger charge is 2.36. The lowest BCUT2D eigenvalue weighted by Gasteiger charge is -2.30. The number of likely N-dealkylation sites (N-methyl/N-ethyl adjacent to an activating group) is 1. The van der Waals surface area contributed by atoms with Crippen LogP contribution in [0.4, 0.5) is 0 Å². The number of sulfonamides is 1. The monoisotopic (exact) mass is 484 g/mol. The normalized spacial score (nSPS) is 18.2. The van der Waals surface area contributed by atoms with Crippen LogP contribution in [0.25, 0.3) is 0 Å². The number of amides is 1. The van der Waals surface area contributed by atoms with Gasteiger partial charge in [0.2, 0.25) is 15.9 Å². The van der Waals surface area contributed by atoms with Crippen LogP contribution in [0.5, 0.6) is 0 Å². The van der Waals surface area contributed by atoms with Gasteiger partial charge in [-0.05, 0) is 43.2 Å². The Morgan fingerprint density at radius 3 is 2.29 bits per heavy atom. The van der Waals surface area contributed by atoms with Crippen molar-refractivity contribution < 1.29 is 21.6 Å². The fourth-order valence-electron chi connectivity index (χ4n) is 3.67. The number of carbonyl (C=O) groups excluding carboxylic acids is 1. The maximum absolute atomic E-state index is 13.3. The zero-order valence-corrected chi connectivity index (χ0v) is 19.5. The van der Waals surface area contributed by atoms with Crippen LogP contribution >= 0.6 is 11.6 Å². The molecule has 1 aliphatic heterocycles. The molecule has 0 aliphatic carbocycles. The van der Waals surface area contributed by atoms with Crippen molar-refractivity contribution in [3.8, 4) is 0 Å². The maximum Gasteiger partial charge on any atom is 0.243 e. The molecule has 3 rings (SSSR count). The van der Waals surface area contributed by atoms with Gasteiger partial charge < -0.3 is 4.90 Å². The molecule has 7 nitrogen and oxygen atoms in total. The Morgan fingerprint density at radius 1 is 1.10 bits per heavy atom. The molecule has 31 heavy (non-hydrogen) atoms. The Bertz CT molecular complexity index is 1120. The number of benzene rings is 2. The third-order valence-electron chi connectivity index (χ3n) is 5.27. The van der Waals surface area contributed by atoms with E-state index in [0.29, 0.717) is 18.0 Å². The molecular weight excluding hydrogens is 460 g/mol. The third-order valence-corrected chi connectivity index (χ3v) is 9.08. The first-order valence-electron chi connectivity index (χ1n) is 9.92. The van der Waals surface area contributed by atoms with Crippen molar-refractivity contribution in [1.29, 1.82) is 0 Å². The van der Waals surface area contributed by atoms with Crippen LogP contribution in [0.3, 0.4) is 0 Å². The maximum atomic E-state index is 13.3. The molecule has 2 aromatic carbocycles. The van der Waals surface area contributed by atoms with E-state index in [4.69, 9.17) is 11.6 Å². The van der Waals surface area contributed by atoms with Crippen LogP contribution in [-0.2, 0) is 31.2 Å². The third kappa shape index (κ3) is 5.85. The molecule has 0 unspecified atom stereocenters. The van der Waals surface area contributed by atoms with E-state index in [2.05, 4.69) is 0 Å². The van der Waals surface area contributed by atoms with E-state index in [1.54, 1.807) is 31.2 Å². The van der Waals surface area contributed by atoms with Crippen LogP contribution in [0.2, 0.25) is 5.02 Å². The first kappa shape index (κ1) is 23.7. The van der Waals surface area contributed by atoms with Gasteiger partial charge in [-0.2, -0.15) is 4.31 Å². The smallest absolute Gasteiger partial charge is 0.243 e. The summed E-state index contributed by atoms with van der Waals surface area (Å²) in [6.07, 6.45) is 0.366. The quantitative estimate of drug-likeness (QED) is 0.574. The summed E-state index contributed by atoms with van der Waals surface area (Å²) < 4.78 is 51.5. The zero-order chi connectivity index (χ0) is 22.6. The van der Waals surface area contributed by atoms with Crippen LogP contribution in [-0.4, -0.2) is 62.6 Å². The molecule has 1 aliphatic rings. The Morgan fingerprint density at radius 2 is 1.74 bits per heavy atom. The SMILES string of the molecule is CCN(C(=O)CN(Cc1ccccc1)S(=O)(=O)c1ccc(Cl)cc1)[C@H]1CCS(=O)(=O)C1. The van der Waals surface area contributed by atoms with Crippen molar-refractivity contribution in [3.05, 3.63) is 65.2 Å². The van der Waals surface area contributed by atoms with Gasteiger partial charge in [0.1, 0.15) is 0 Å². The minimum Gasteiger partial charge on any atom is -0.338 e. The molecule has 1 fully saturated rings. The molecule has 0 spiro atoms. The minimum atomic E-state index is -3.99. The lowest BCUT2D eigenvalue weighted by Crippen LogP contribution is -2.47. The molecule has 1 saturated heterocycles. The van der Waals surface area contributed by atoms with E-state index in [0.717, 1.165) is 9.87 Å². The number of hydrogen-bond donors (Lipinski definition) is 0. The summed E-state index contributed by atoms with van der Waals surface area (Å²) in [6.45, 7) is 1.69. The van der Waals surface area contributed by atoms with Crippen molar-refractivity contribution in [2.24, 2.45) is 0 Å². The first-order chi connectivity index (χ1) is 14.6. The molecule has 0 N–H and O–H groups in total. The number of sulfone groups is 1. The van der Waals surface area contributed by atoms with Gasteiger partial charge in [-0.1, -0.05) is 41.9 Å². The van der Waals surface area contributed by atoms with Crippen molar-refractivity contribution in [3.63, 3.8) is 0 Å². The molecule has 1 atom stereocenters. The Kier molecular flexibility index (Phi) is 7.41. The molecule has 10 heteroatoms.